The summed E-state index contributed by atoms with van der Waals surface area (Å²) in [5.41, 5.74) is 5.87. The summed E-state index contributed by atoms with van der Waals surface area (Å²) in [5.74, 6) is -0.185. The molecule has 0 fully saturated rings. The summed E-state index contributed by atoms with van der Waals surface area (Å²) in [6, 6.07) is 5.29. The maximum Gasteiger partial charge on any atom is 0.253 e. The lowest BCUT2D eigenvalue weighted by Crippen LogP contribution is -2.52. The number of carbonyl (C=O) groups excluding carboxylic acids is 1. The van der Waals surface area contributed by atoms with Crippen LogP contribution in [0, 0.1) is 0 Å². The van der Waals surface area contributed by atoms with E-state index in [9.17, 15) is 4.79 Å². The van der Waals surface area contributed by atoms with Gasteiger partial charge in [-0.05, 0) is 40.9 Å². The fraction of sp³-hybridized carbons (Fsp3) is 0.462. The minimum absolute atomic E-state index is 0. The van der Waals surface area contributed by atoms with Crippen molar-refractivity contribution in [3.8, 4) is 0 Å². The maximum absolute atomic E-state index is 12.2. The molecule has 19 heavy (non-hydrogen) atoms. The topological polar surface area (TPSA) is 55.1 Å². The lowest BCUT2D eigenvalue weighted by atomic mass is 9.92. The summed E-state index contributed by atoms with van der Waals surface area (Å²) >= 11 is 9.42. The third kappa shape index (κ3) is 4.35. The minimum atomic E-state index is -0.358. The maximum atomic E-state index is 12.2. The van der Waals surface area contributed by atoms with Gasteiger partial charge in [0, 0.05) is 11.0 Å². The Hall–Kier alpha value is -0.290. The first-order valence-corrected chi connectivity index (χ1v) is 7.13. The number of carbonyl (C=O) groups is 1. The summed E-state index contributed by atoms with van der Waals surface area (Å²) in [6.07, 6.45) is 1.58. The molecule has 0 saturated heterocycles. The average Bonchev–Trinajstić information content (AvgIpc) is 2.39. The highest BCUT2D eigenvalue weighted by atomic mass is 79.9. The van der Waals surface area contributed by atoms with Gasteiger partial charge < -0.3 is 11.1 Å². The van der Waals surface area contributed by atoms with E-state index in [2.05, 4.69) is 21.2 Å². The smallest absolute Gasteiger partial charge is 0.253 e. The van der Waals surface area contributed by atoms with Crippen molar-refractivity contribution in [2.45, 2.75) is 32.2 Å². The largest absolute Gasteiger partial charge is 0.345 e. The van der Waals surface area contributed by atoms with Gasteiger partial charge in [-0.25, -0.2) is 0 Å². The highest BCUT2D eigenvalue weighted by Gasteiger charge is 2.27. The zero-order valence-corrected chi connectivity index (χ0v) is 14.2. The molecule has 0 spiro atoms. The molecular formula is C13H19BrCl2N2O. The van der Waals surface area contributed by atoms with Crippen LogP contribution in [0.4, 0.5) is 0 Å². The second-order valence-electron chi connectivity index (χ2n) is 4.25. The van der Waals surface area contributed by atoms with Crippen LogP contribution in [0.15, 0.2) is 22.7 Å². The zero-order valence-electron chi connectivity index (χ0n) is 11.0. The molecule has 0 aliphatic carbocycles. The van der Waals surface area contributed by atoms with Gasteiger partial charge in [0.1, 0.15) is 0 Å². The number of nitrogens with two attached hydrogens (primary N) is 1. The summed E-state index contributed by atoms with van der Waals surface area (Å²) in [6.45, 7) is 4.44. The predicted octanol–water partition coefficient (Wildman–Crippen LogP) is 3.77. The standard InChI is InChI=1S/C13H18BrClN2O.ClH/c1-3-13(4-2,8-16)17-12(18)9-6-5-7-10(14)11(9)15;/h5-7H,3-4,8,16H2,1-2H3,(H,17,18);1H. The van der Waals surface area contributed by atoms with Crippen LogP contribution in [0.3, 0.4) is 0 Å². The second kappa shape index (κ2) is 8.10. The van der Waals surface area contributed by atoms with Crippen LogP contribution >= 0.6 is 39.9 Å². The van der Waals surface area contributed by atoms with Crippen LogP contribution in [0.2, 0.25) is 5.02 Å². The van der Waals surface area contributed by atoms with Gasteiger partial charge in [-0.1, -0.05) is 31.5 Å². The quantitative estimate of drug-likeness (QED) is 0.829. The molecule has 0 radical (unpaired) electrons. The molecule has 0 aliphatic rings. The molecule has 0 bridgehead atoms. The van der Waals surface area contributed by atoms with Crippen molar-refractivity contribution in [3.63, 3.8) is 0 Å². The normalized spacial score (nSPS) is 10.8. The van der Waals surface area contributed by atoms with Crippen molar-refractivity contribution in [2.75, 3.05) is 6.54 Å². The van der Waals surface area contributed by atoms with E-state index in [0.29, 0.717) is 21.6 Å². The number of nitrogens with one attached hydrogen (secondary N) is 1. The average molecular weight is 370 g/mol. The highest BCUT2D eigenvalue weighted by Crippen LogP contribution is 2.26. The Morgan fingerprint density at radius 2 is 2.00 bits per heavy atom. The van der Waals surface area contributed by atoms with E-state index in [1.165, 1.54) is 0 Å². The van der Waals surface area contributed by atoms with E-state index < -0.39 is 0 Å². The lowest BCUT2D eigenvalue weighted by Gasteiger charge is -2.31. The first kappa shape index (κ1) is 18.7. The van der Waals surface area contributed by atoms with Crippen LogP contribution in [0.25, 0.3) is 0 Å². The Morgan fingerprint density at radius 3 is 2.47 bits per heavy atom. The van der Waals surface area contributed by atoms with Crippen molar-refractivity contribution in [1.29, 1.82) is 0 Å². The predicted molar refractivity (Wildman–Crippen MR) is 86.2 cm³/mol. The van der Waals surface area contributed by atoms with Gasteiger partial charge in [0.05, 0.1) is 16.1 Å². The molecule has 1 amide bonds. The molecule has 1 aromatic rings. The summed E-state index contributed by atoms with van der Waals surface area (Å²) in [4.78, 5) is 12.2. The second-order valence-corrected chi connectivity index (χ2v) is 5.48. The van der Waals surface area contributed by atoms with E-state index in [4.69, 9.17) is 17.3 Å². The number of benzene rings is 1. The molecule has 6 heteroatoms. The Morgan fingerprint density at radius 1 is 1.42 bits per heavy atom. The van der Waals surface area contributed by atoms with Gasteiger partial charge in [0.2, 0.25) is 0 Å². The lowest BCUT2D eigenvalue weighted by molar-refractivity contribution is 0.0895. The SMILES string of the molecule is CCC(CC)(CN)NC(=O)c1cccc(Br)c1Cl.Cl. The first-order chi connectivity index (χ1) is 8.49. The number of hydrogen-bond acceptors (Lipinski definition) is 2. The van der Waals surface area contributed by atoms with Crippen LogP contribution < -0.4 is 11.1 Å². The van der Waals surface area contributed by atoms with Gasteiger partial charge in [0.25, 0.3) is 5.91 Å². The minimum Gasteiger partial charge on any atom is -0.345 e. The number of hydrogen-bond donors (Lipinski definition) is 2. The molecule has 0 saturated carbocycles. The molecule has 3 nitrogen and oxygen atoms in total. The van der Waals surface area contributed by atoms with Crippen LogP contribution in [-0.2, 0) is 0 Å². The molecule has 0 heterocycles. The summed E-state index contributed by atoms with van der Waals surface area (Å²) in [7, 11) is 0. The van der Waals surface area contributed by atoms with Crippen LogP contribution in [0.1, 0.15) is 37.0 Å². The van der Waals surface area contributed by atoms with E-state index in [0.717, 1.165) is 12.8 Å². The van der Waals surface area contributed by atoms with Crippen LogP contribution in [0.5, 0.6) is 0 Å². The van der Waals surface area contributed by atoms with Gasteiger partial charge in [-0.15, -0.1) is 12.4 Å². The van der Waals surface area contributed by atoms with Crippen molar-refractivity contribution >= 4 is 45.8 Å². The van der Waals surface area contributed by atoms with Crippen molar-refractivity contribution in [2.24, 2.45) is 5.73 Å². The molecule has 3 N–H and O–H groups in total. The third-order valence-electron chi connectivity index (χ3n) is 3.32. The number of halogens is 3. The fourth-order valence-electron chi connectivity index (χ4n) is 1.75. The Kier molecular flexibility index (Phi) is 7.98. The van der Waals surface area contributed by atoms with E-state index >= 15 is 0 Å². The van der Waals surface area contributed by atoms with Crippen molar-refractivity contribution < 1.29 is 4.79 Å². The Balaban J connectivity index is 0.00000324. The van der Waals surface area contributed by atoms with Gasteiger partial charge in [-0.3, -0.25) is 4.79 Å². The summed E-state index contributed by atoms with van der Waals surface area (Å²) in [5, 5.41) is 3.42. The monoisotopic (exact) mass is 368 g/mol. The summed E-state index contributed by atoms with van der Waals surface area (Å²) < 4.78 is 0.711. The number of rotatable bonds is 5. The Bertz CT molecular complexity index is 428. The Labute approximate surface area is 133 Å². The van der Waals surface area contributed by atoms with E-state index in [-0.39, 0.29) is 23.9 Å². The van der Waals surface area contributed by atoms with Crippen molar-refractivity contribution in [1.82, 2.24) is 5.32 Å². The highest BCUT2D eigenvalue weighted by molar-refractivity contribution is 9.10. The zero-order chi connectivity index (χ0) is 13.8. The van der Waals surface area contributed by atoms with Crippen LogP contribution in [-0.4, -0.2) is 18.0 Å². The van der Waals surface area contributed by atoms with Gasteiger partial charge >= 0.3 is 0 Å². The molecule has 108 valence electrons. The van der Waals surface area contributed by atoms with E-state index in [1.807, 2.05) is 13.8 Å². The van der Waals surface area contributed by atoms with Gasteiger partial charge in [0.15, 0.2) is 0 Å². The molecule has 0 aliphatic heterocycles. The fourth-order valence-corrected chi connectivity index (χ4v) is 2.33. The molecular weight excluding hydrogens is 351 g/mol. The molecule has 0 aromatic heterocycles. The molecule has 0 atom stereocenters. The van der Waals surface area contributed by atoms with E-state index in [1.54, 1.807) is 18.2 Å². The third-order valence-corrected chi connectivity index (χ3v) is 4.62. The molecule has 1 aromatic carbocycles. The number of amides is 1. The van der Waals surface area contributed by atoms with Gasteiger partial charge in [-0.2, -0.15) is 0 Å². The van der Waals surface area contributed by atoms with Crippen molar-refractivity contribution in [3.05, 3.63) is 33.3 Å². The first-order valence-electron chi connectivity index (χ1n) is 5.96. The molecule has 0 unspecified atom stereocenters. The molecule has 1 rings (SSSR count).